The Balaban J connectivity index is 2.41. The van der Waals surface area contributed by atoms with Gasteiger partial charge in [-0.3, -0.25) is 4.79 Å². The molecule has 0 saturated carbocycles. The first kappa shape index (κ1) is 19.8. The number of carbonyl (C=O) groups is 2. The summed E-state index contributed by atoms with van der Waals surface area (Å²) in [6.45, 7) is 3.53. The zero-order valence-corrected chi connectivity index (χ0v) is 16.1. The van der Waals surface area contributed by atoms with Gasteiger partial charge in [-0.25, -0.2) is 9.79 Å². The summed E-state index contributed by atoms with van der Waals surface area (Å²) in [5.41, 5.74) is 1.85. The quantitative estimate of drug-likeness (QED) is 0.794. The standard InChI is InChI=1S/C19H22N2O4S/c1-5-15(22)20-18-16(19(24)25-6-2)17(23)14(26-18)11-12-7-9-13(10-8-12)21(3)4/h7-11,23H,5-6H2,1-4H3/b14-11-,20-18?. The topological polar surface area (TPSA) is 79.2 Å². The Kier molecular flexibility index (Phi) is 6.63. The minimum atomic E-state index is -0.688. The molecule has 1 heterocycles. The third-order valence-corrected chi connectivity index (χ3v) is 4.63. The van der Waals surface area contributed by atoms with Crippen molar-refractivity contribution in [3.63, 3.8) is 0 Å². The molecule has 2 rings (SSSR count). The molecule has 1 aromatic rings. The normalized spacial score (nSPS) is 17.1. The molecule has 0 aliphatic carbocycles. The minimum Gasteiger partial charge on any atom is -0.506 e. The Morgan fingerprint density at radius 1 is 1.23 bits per heavy atom. The van der Waals surface area contributed by atoms with E-state index in [0.29, 0.717) is 4.91 Å². The fourth-order valence-electron chi connectivity index (χ4n) is 2.20. The van der Waals surface area contributed by atoms with E-state index in [9.17, 15) is 14.7 Å². The van der Waals surface area contributed by atoms with Gasteiger partial charge in [0.15, 0.2) is 0 Å². The summed E-state index contributed by atoms with van der Waals surface area (Å²) in [6, 6.07) is 7.72. The molecule has 0 saturated heterocycles. The first-order chi connectivity index (χ1) is 12.4. The first-order valence-corrected chi connectivity index (χ1v) is 9.08. The van der Waals surface area contributed by atoms with Crippen LogP contribution in [0.5, 0.6) is 0 Å². The fraction of sp³-hybridized carbons (Fsp3) is 0.316. The lowest BCUT2D eigenvalue weighted by Gasteiger charge is -2.11. The number of nitrogens with zero attached hydrogens (tertiary/aromatic N) is 2. The van der Waals surface area contributed by atoms with Gasteiger partial charge in [-0.05, 0) is 30.7 Å². The Hall–Kier alpha value is -2.54. The zero-order chi connectivity index (χ0) is 19.3. The van der Waals surface area contributed by atoms with E-state index < -0.39 is 5.97 Å². The molecule has 1 aromatic carbocycles. The monoisotopic (exact) mass is 374 g/mol. The molecule has 1 aliphatic heterocycles. The number of amides is 1. The molecule has 1 aliphatic rings. The average molecular weight is 374 g/mol. The molecule has 1 amide bonds. The van der Waals surface area contributed by atoms with E-state index in [1.165, 1.54) is 0 Å². The number of ether oxygens (including phenoxy) is 1. The number of aliphatic hydroxyl groups excluding tert-OH is 1. The van der Waals surface area contributed by atoms with Crippen LogP contribution in [0.2, 0.25) is 0 Å². The minimum absolute atomic E-state index is 0.0604. The average Bonchev–Trinajstić information content (AvgIpc) is 2.90. The number of anilines is 1. The van der Waals surface area contributed by atoms with Gasteiger partial charge in [0.1, 0.15) is 16.4 Å². The molecule has 138 valence electrons. The number of esters is 1. The fourth-order valence-corrected chi connectivity index (χ4v) is 3.24. The van der Waals surface area contributed by atoms with Gasteiger partial charge < -0.3 is 14.7 Å². The maximum Gasteiger partial charge on any atom is 0.344 e. The molecular weight excluding hydrogens is 352 g/mol. The Bertz CT molecular complexity index is 792. The summed E-state index contributed by atoms with van der Waals surface area (Å²) < 4.78 is 4.99. The van der Waals surface area contributed by atoms with Crippen LogP contribution in [0.3, 0.4) is 0 Å². The third kappa shape index (κ3) is 4.54. The van der Waals surface area contributed by atoms with Crippen LogP contribution in [-0.2, 0) is 14.3 Å². The highest BCUT2D eigenvalue weighted by atomic mass is 32.2. The summed E-state index contributed by atoms with van der Waals surface area (Å²) in [6.07, 6.45) is 1.96. The van der Waals surface area contributed by atoms with Crippen molar-refractivity contribution < 1.29 is 19.4 Å². The van der Waals surface area contributed by atoms with Crippen LogP contribution in [0.1, 0.15) is 25.8 Å². The predicted octanol–water partition coefficient (Wildman–Crippen LogP) is 3.55. The van der Waals surface area contributed by atoms with Crippen molar-refractivity contribution in [3.8, 4) is 0 Å². The molecule has 0 radical (unpaired) electrons. The van der Waals surface area contributed by atoms with Crippen LogP contribution in [-0.4, -0.2) is 42.7 Å². The van der Waals surface area contributed by atoms with Crippen LogP contribution in [0.25, 0.3) is 6.08 Å². The summed E-state index contributed by atoms with van der Waals surface area (Å²) >= 11 is 1.09. The largest absolute Gasteiger partial charge is 0.506 e. The highest BCUT2D eigenvalue weighted by molar-refractivity contribution is 8.18. The van der Waals surface area contributed by atoms with Crippen molar-refractivity contribution >= 4 is 40.4 Å². The molecule has 0 spiro atoms. The summed E-state index contributed by atoms with van der Waals surface area (Å²) in [7, 11) is 3.90. The second-order valence-electron chi connectivity index (χ2n) is 5.70. The summed E-state index contributed by atoms with van der Waals surface area (Å²) in [5, 5.41) is 10.7. The van der Waals surface area contributed by atoms with E-state index in [4.69, 9.17) is 4.74 Å². The van der Waals surface area contributed by atoms with Gasteiger partial charge in [0, 0.05) is 26.2 Å². The Morgan fingerprint density at radius 2 is 1.88 bits per heavy atom. The molecule has 0 atom stereocenters. The molecular formula is C19H22N2O4S. The van der Waals surface area contributed by atoms with Crippen molar-refractivity contribution in [1.82, 2.24) is 0 Å². The zero-order valence-electron chi connectivity index (χ0n) is 15.3. The van der Waals surface area contributed by atoms with Crippen molar-refractivity contribution in [2.45, 2.75) is 20.3 Å². The highest BCUT2D eigenvalue weighted by Crippen LogP contribution is 2.39. The number of aliphatic hydroxyl groups is 1. The number of benzene rings is 1. The van der Waals surface area contributed by atoms with E-state index in [1.54, 1.807) is 19.9 Å². The number of carbonyl (C=O) groups excluding carboxylic acids is 2. The van der Waals surface area contributed by atoms with E-state index in [0.717, 1.165) is 23.0 Å². The highest BCUT2D eigenvalue weighted by Gasteiger charge is 2.33. The van der Waals surface area contributed by atoms with Gasteiger partial charge in [-0.2, -0.15) is 0 Å². The molecule has 26 heavy (non-hydrogen) atoms. The molecule has 1 N–H and O–H groups in total. The van der Waals surface area contributed by atoms with Crippen LogP contribution >= 0.6 is 11.8 Å². The first-order valence-electron chi connectivity index (χ1n) is 8.26. The molecule has 0 bridgehead atoms. The second-order valence-corrected chi connectivity index (χ2v) is 6.74. The van der Waals surface area contributed by atoms with Crippen LogP contribution in [0.15, 0.2) is 45.5 Å². The summed E-state index contributed by atoms with van der Waals surface area (Å²) in [4.78, 5) is 30.2. The number of hydrogen-bond donors (Lipinski definition) is 1. The van der Waals surface area contributed by atoms with Crippen molar-refractivity contribution in [2.75, 3.05) is 25.6 Å². The number of hydrogen-bond acceptors (Lipinski definition) is 6. The lowest BCUT2D eigenvalue weighted by molar-refractivity contribution is -0.138. The SMILES string of the molecule is CCOC(=O)C1=C(O)/C(=C/c2ccc(N(C)C)cc2)SC1=NC(=O)CC. The van der Waals surface area contributed by atoms with Gasteiger partial charge in [0.2, 0.25) is 5.91 Å². The molecule has 0 unspecified atom stereocenters. The van der Waals surface area contributed by atoms with Crippen LogP contribution in [0, 0.1) is 0 Å². The van der Waals surface area contributed by atoms with Gasteiger partial charge >= 0.3 is 5.97 Å². The number of thioether (sulfide) groups is 1. The maximum absolute atomic E-state index is 12.2. The van der Waals surface area contributed by atoms with E-state index in [2.05, 4.69) is 4.99 Å². The van der Waals surface area contributed by atoms with Gasteiger partial charge in [-0.1, -0.05) is 30.8 Å². The number of rotatable bonds is 5. The van der Waals surface area contributed by atoms with E-state index in [-0.39, 0.29) is 35.3 Å². The maximum atomic E-state index is 12.2. The Morgan fingerprint density at radius 3 is 2.42 bits per heavy atom. The molecule has 7 heteroatoms. The molecule has 0 aromatic heterocycles. The second kappa shape index (κ2) is 8.71. The van der Waals surface area contributed by atoms with Crippen LogP contribution < -0.4 is 4.90 Å². The third-order valence-electron chi connectivity index (χ3n) is 3.61. The lowest BCUT2D eigenvalue weighted by Crippen LogP contribution is -2.14. The van der Waals surface area contributed by atoms with E-state index >= 15 is 0 Å². The molecule has 0 fully saturated rings. The van der Waals surface area contributed by atoms with Gasteiger partial charge in [-0.15, -0.1) is 0 Å². The predicted molar refractivity (Wildman–Crippen MR) is 105 cm³/mol. The van der Waals surface area contributed by atoms with Gasteiger partial charge in [0.05, 0.1) is 11.5 Å². The molecule has 6 nitrogen and oxygen atoms in total. The Labute approximate surface area is 157 Å². The lowest BCUT2D eigenvalue weighted by atomic mass is 10.1. The van der Waals surface area contributed by atoms with Gasteiger partial charge in [0.25, 0.3) is 0 Å². The van der Waals surface area contributed by atoms with E-state index in [1.807, 2.05) is 43.3 Å². The van der Waals surface area contributed by atoms with Crippen molar-refractivity contribution in [2.24, 2.45) is 4.99 Å². The van der Waals surface area contributed by atoms with Crippen LogP contribution in [0.4, 0.5) is 5.69 Å². The summed E-state index contributed by atoms with van der Waals surface area (Å²) in [5.74, 6) is -1.27. The van der Waals surface area contributed by atoms with Crippen molar-refractivity contribution in [3.05, 3.63) is 46.1 Å². The van der Waals surface area contributed by atoms with Crippen molar-refractivity contribution in [1.29, 1.82) is 0 Å². The smallest absolute Gasteiger partial charge is 0.344 e. The number of aliphatic imine (C=N–C) groups is 1.